The standard InChI is InChI=1S/C16H17ClF3NO3S/c17-14-12-13(6-5-11-21-9-3-1-2-4-10-21)7-8-15(14)24-25(22,23)16(18,19)20/h7-8,12H,1-4,9-11H2. The Labute approximate surface area is 150 Å². The maximum atomic E-state index is 12.3. The minimum Gasteiger partial charge on any atom is -0.374 e. The molecule has 0 unspecified atom stereocenters. The zero-order valence-electron chi connectivity index (χ0n) is 13.3. The van der Waals surface area contributed by atoms with E-state index in [9.17, 15) is 21.6 Å². The summed E-state index contributed by atoms with van der Waals surface area (Å²) in [5.41, 5.74) is -5.04. The van der Waals surface area contributed by atoms with Crippen molar-refractivity contribution in [3.8, 4) is 17.6 Å². The van der Waals surface area contributed by atoms with Gasteiger partial charge in [-0.05, 0) is 44.1 Å². The van der Waals surface area contributed by atoms with Gasteiger partial charge in [-0.25, -0.2) is 0 Å². The highest BCUT2D eigenvalue weighted by Crippen LogP contribution is 2.31. The molecule has 4 nitrogen and oxygen atoms in total. The Morgan fingerprint density at radius 1 is 1.16 bits per heavy atom. The Morgan fingerprint density at radius 3 is 2.36 bits per heavy atom. The molecule has 0 N–H and O–H groups in total. The molecule has 1 fully saturated rings. The summed E-state index contributed by atoms with van der Waals surface area (Å²) in [6, 6.07) is 3.70. The van der Waals surface area contributed by atoms with Gasteiger partial charge in [-0.2, -0.15) is 21.6 Å². The second-order valence-corrected chi connectivity index (χ2v) is 7.57. The Kier molecular flexibility index (Phi) is 6.60. The van der Waals surface area contributed by atoms with Gasteiger partial charge in [0.25, 0.3) is 0 Å². The molecule has 0 amide bonds. The lowest BCUT2D eigenvalue weighted by Gasteiger charge is -2.15. The molecule has 0 saturated carbocycles. The van der Waals surface area contributed by atoms with Gasteiger partial charge in [0.2, 0.25) is 0 Å². The van der Waals surface area contributed by atoms with Crippen molar-refractivity contribution < 1.29 is 25.8 Å². The molecule has 0 radical (unpaired) electrons. The molecule has 0 aromatic heterocycles. The van der Waals surface area contributed by atoms with Gasteiger partial charge in [-0.1, -0.05) is 36.3 Å². The number of nitrogens with zero attached hydrogens (tertiary/aromatic N) is 1. The molecule has 1 aliphatic rings. The highest BCUT2D eigenvalue weighted by atomic mass is 35.5. The smallest absolute Gasteiger partial charge is 0.374 e. The number of likely N-dealkylation sites (tertiary alicyclic amines) is 1. The average molecular weight is 396 g/mol. The third-order valence-corrected chi connectivity index (χ3v) is 4.91. The van der Waals surface area contributed by atoms with Crippen LogP contribution in [0.5, 0.6) is 5.75 Å². The van der Waals surface area contributed by atoms with E-state index >= 15 is 0 Å². The van der Waals surface area contributed by atoms with Crippen LogP contribution in [0.3, 0.4) is 0 Å². The van der Waals surface area contributed by atoms with Crippen molar-refractivity contribution >= 4 is 21.7 Å². The molecule has 2 rings (SSSR count). The van der Waals surface area contributed by atoms with Crippen LogP contribution in [0, 0.1) is 11.8 Å². The van der Waals surface area contributed by atoms with Crippen molar-refractivity contribution in [2.24, 2.45) is 0 Å². The summed E-state index contributed by atoms with van der Waals surface area (Å²) < 4.78 is 63.0. The van der Waals surface area contributed by atoms with Crippen molar-refractivity contribution in [3.05, 3.63) is 28.8 Å². The second-order valence-electron chi connectivity index (χ2n) is 5.62. The summed E-state index contributed by atoms with van der Waals surface area (Å²) in [5.74, 6) is 5.28. The Bertz CT molecular complexity index is 761. The molecule has 1 heterocycles. The molecule has 138 valence electrons. The molecule has 0 aliphatic carbocycles. The van der Waals surface area contributed by atoms with Gasteiger partial charge >= 0.3 is 15.6 Å². The minimum absolute atomic E-state index is 0.255. The molecule has 1 saturated heterocycles. The largest absolute Gasteiger partial charge is 0.534 e. The van der Waals surface area contributed by atoms with Crippen LogP contribution in [-0.4, -0.2) is 38.5 Å². The van der Waals surface area contributed by atoms with Crippen LogP contribution in [0.4, 0.5) is 13.2 Å². The van der Waals surface area contributed by atoms with E-state index in [0.717, 1.165) is 32.0 Å². The Hall–Kier alpha value is -1.43. The second kappa shape index (κ2) is 8.30. The van der Waals surface area contributed by atoms with E-state index in [1.807, 2.05) is 0 Å². The molecule has 0 bridgehead atoms. The SMILES string of the molecule is O=S(=O)(Oc1ccc(C#CCN2CCCCCC2)cc1Cl)C(F)(F)F. The van der Waals surface area contributed by atoms with Crippen LogP contribution in [0.1, 0.15) is 31.2 Å². The van der Waals surface area contributed by atoms with Crippen molar-refractivity contribution in [2.75, 3.05) is 19.6 Å². The monoisotopic (exact) mass is 395 g/mol. The zero-order valence-corrected chi connectivity index (χ0v) is 14.8. The van der Waals surface area contributed by atoms with Gasteiger partial charge in [0.05, 0.1) is 11.6 Å². The molecular weight excluding hydrogens is 379 g/mol. The zero-order chi connectivity index (χ0) is 18.5. The third kappa shape index (κ3) is 5.80. The number of hydrogen-bond donors (Lipinski definition) is 0. The first kappa shape index (κ1) is 19.9. The third-order valence-electron chi connectivity index (χ3n) is 3.65. The maximum Gasteiger partial charge on any atom is 0.534 e. The fourth-order valence-corrected chi connectivity index (χ4v) is 3.10. The molecule has 0 spiro atoms. The topological polar surface area (TPSA) is 46.6 Å². The predicted octanol–water partition coefficient (Wildman–Crippen LogP) is 3.80. The van der Waals surface area contributed by atoms with Crippen molar-refractivity contribution in [1.29, 1.82) is 0 Å². The molecule has 1 aromatic rings. The van der Waals surface area contributed by atoms with Gasteiger partial charge in [-0.3, -0.25) is 4.90 Å². The number of halogens is 4. The van der Waals surface area contributed by atoms with Crippen molar-refractivity contribution in [3.63, 3.8) is 0 Å². The van der Waals surface area contributed by atoms with E-state index in [1.54, 1.807) is 0 Å². The Morgan fingerprint density at radius 2 is 1.80 bits per heavy atom. The highest BCUT2D eigenvalue weighted by molar-refractivity contribution is 7.88. The lowest BCUT2D eigenvalue weighted by atomic mass is 10.2. The van der Waals surface area contributed by atoms with Crippen molar-refractivity contribution in [2.45, 2.75) is 31.2 Å². The van der Waals surface area contributed by atoms with Gasteiger partial charge in [0.15, 0.2) is 5.75 Å². The quantitative estimate of drug-likeness (QED) is 0.444. The first-order chi connectivity index (χ1) is 11.7. The van der Waals surface area contributed by atoms with Gasteiger partial charge in [0, 0.05) is 5.56 Å². The lowest BCUT2D eigenvalue weighted by Crippen LogP contribution is -2.28. The van der Waals surface area contributed by atoms with E-state index in [2.05, 4.69) is 20.9 Å². The van der Waals surface area contributed by atoms with Crippen LogP contribution in [0.25, 0.3) is 0 Å². The molecule has 9 heteroatoms. The van der Waals surface area contributed by atoms with E-state index in [0.29, 0.717) is 12.1 Å². The lowest BCUT2D eigenvalue weighted by molar-refractivity contribution is -0.0500. The van der Waals surface area contributed by atoms with Crippen molar-refractivity contribution in [1.82, 2.24) is 4.90 Å². The first-order valence-electron chi connectivity index (χ1n) is 7.70. The predicted molar refractivity (Wildman–Crippen MR) is 88.8 cm³/mol. The fourth-order valence-electron chi connectivity index (χ4n) is 2.36. The molecule has 25 heavy (non-hydrogen) atoms. The number of rotatable bonds is 3. The van der Waals surface area contributed by atoms with E-state index in [1.165, 1.54) is 25.0 Å². The molecule has 0 atom stereocenters. The summed E-state index contributed by atoms with van der Waals surface area (Å²) in [6.45, 7) is 2.59. The molecular formula is C16H17ClF3NO3S. The Balaban J connectivity index is 2.03. The molecule has 1 aromatic carbocycles. The van der Waals surface area contributed by atoms with E-state index in [4.69, 9.17) is 11.6 Å². The summed E-state index contributed by atoms with van der Waals surface area (Å²) in [5, 5.41) is -0.255. The first-order valence-corrected chi connectivity index (χ1v) is 9.49. The van der Waals surface area contributed by atoms with Gasteiger partial charge in [-0.15, -0.1) is 0 Å². The number of alkyl halides is 3. The molecule has 1 aliphatic heterocycles. The highest BCUT2D eigenvalue weighted by Gasteiger charge is 2.48. The normalized spacial score (nSPS) is 16.6. The van der Waals surface area contributed by atoms with Gasteiger partial charge < -0.3 is 4.18 Å². The van der Waals surface area contributed by atoms with Crippen LogP contribution < -0.4 is 4.18 Å². The van der Waals surface area contributed by atoms with E-state index in [-0.39, 0.29) is 5.02 Å². The maximum absolute atomic E-state index is 12.3. The number of hydrogen-bond acceptors (Lipinski definition) is 4. The van der Waals surface area contributed by atoms with Crippen LogP contribution in [-0.2, 0) is 10.1 Å². The summed E-state index contributed by atoms with van der Waals surface area (Å²) in [7, 11) is -5.75. The van der Waals surface area contributed by atoms with E-state index < -0.39 is 21.4 Å². The van der Waals surface area contributed by atoms with Crippen LogP contribution in [0.2, 0.25) is 5.02 Å². The summed E-state index contributed by atoms with van der Waals surface area (Å²) in [6.07, 6.45) is 4.74. The van der Waals surface area contributed by atoms with Gasteiger partial charge in [0.1, 0.15) is 0 Å². The minimum atomic E-state index is -5.75. The summed E-state index contributed by atoms with van der Waals surface area (Å²) in [4.78, 5) is 2.25. The average Bonchev–Trinajstić information content (AvgIpc) is 2.77. The number of benzene rings is 1. The van der Waals surface area contributed by atoms with Crippen LogP contribution in [0.15, 0.2) is 18.2 Å². The van der Waals surface area contributed by atoms with Crippen LogP contribution >= 0.6 is 11.6 Å². The fraction of sp³-hybridized carbons (Fsp3) is 0.500. The summed E-state index contributed by atoms with van der Waals surface area (Å²) >= 11 is 5.80.